The van der Waals surface area contributed by atoms with Crippen molar-refractivity contribution < 1.29 is 13.6 Å². The van der Waals surface area contributed by atoms with E-state index in [1.54, 1.807) is 30.3 Å². The maximum Gasteiger partial charge on any atom is 0.270 e. The van der Waals surface area contributed by atoms with Crippen molar-refractivity contribution in [2.45, 2.75) is 5.16 Å². The van der Waals surface area contributed by atoms with E-state index >= 15 is 0 Å². The summed E-state index contributed by atoms with van der Waals surface area (Å²) in [5.74, 6) is -2.72. The topological polar surface area (TPSA) is 98.6 Å². The average Bonchev–Trinajstić information content (AvgIpc) is 2.69. The Morgan fingerprint density at radius 2 is 1.93 bits per heavy atom. The van der Waals surface area contributed by atoms with Gasteiger partial charge in [-0.3, -0.25) is 9.59 Å². The molecular formula is C19H12F2N4O2S. The average molecular weight is 398 g/mol. The molecule has 1 aromatic heterocycles. The first-order valence-corrected chi connectivity index (χ1v) is 8.94. The Labute approximate surface area is 162 Å². The summed E-state index contributed by atoms with van der Waals surface area (Å²) in [6.07, 6.45) is 0. The Morgan fingerprint density at radius 1 is 1.18 bits per heavy atom. The number of hydrogen-bond donors (Lipinski definition) is 2. The molecule has 6 nitrogen and oxygen atoms in total. The Morgan fingerprint density at radius 3 is 2.61 bits per heavy atom. The number of carbonyl (C=O) groups is 1. The van der Waals surface area contributed by atoms with Gasteiger partial charge in [0.2, 0.25) is 5.91 Å². The van der Waals surface area contributed by atoms with Crippen molar-refractivity contribution in [2.75, 3.05) is 11.1 Å². The SMILES string of the molecule is N#Cc1c(-c2ccccc2)nc(SCC(=O)Nc2ccc(F)c(F)c2)[nH]c1=O. The fraction of sp³-hybridized carbons (Fsp3) is 0.0526. The van der Waals surface area contributed by atoms with Gasteiger partial charge in [0.15, 0.2) is 16.8 Å². The third kappa shape index (κ3) is 4.42. The summed E-state index contributed by atoms with van der Waals surface area (Å²) in [6.45, 7) is 0. The third-order valence-electron chi connectivity index (χ3n) is 3.60. The molecule has 0 bridgehead atoms. The van der Waals surface area contributed by atoms with Gasteiger partial charge in [0.05, 0.1) is 11.4 Å². The molecule has 140 valence electrons. The number of rotatable bonds is 5. The van der Waals surface area contributed by atoms with Gasteiger partial charge in [0.1, 0.15) is 11.6 Å². The molecule has 1 heterocycles. The lowest BCUT2D eigenvalue weighted by Crippen LogP contribution is -2.17. The molecule has 0 aliphatic heterocycles. The number of aromatic nitrogens is 2. The number of nitrogens with zero attached hydrogens (tertiary/aromatic N) is 2. The number of H-pyrrole nitrogens is 1. The maximum absolute atomic E-state index is 13.2. The van der Waals surface area contributed by atoms with Crippen molar-refractivity contribution in [3.05, 3.63) is 76.1 Å². The van der Waals surface area contributed by atoms with Gasteiger partial charge < -0.3 is 10.3 Å². The fourth-order valence-corrected chi connectivity index (χ4v) is 3.00. The third-order valence-corrected chi connectivity index (χ3v) is 4.47. The molecule has 9 heteroatoms. The molecule has 0 radical (unpaired) electrons. The number of nitrogens with one attached hydrogen (secondary N) is 2. The van der Waals surface area contributed by atoms with Gasteiger partial charge in [-0.05, 0) is 12.1 Å². The predicted molar refractivity (Wildman–Crippen MR) is 101 cm³/mol. The molecular weight excluding hydrogens is 386 g/mol. The monoisotopic (exact) mass is 398 g/mol. The molecule has 2 N–H and O–H groups in total. The lowest BCUT2D eigenvalue weighted by Gasteiger charge is -2.07. The first-order chi connectivity index (χ1) is 13.5. The summed E-state index contributed by atoms with van der Waals surface area (Å²) >= 11 is 0.941. The molecule has 0 aliphatic rings. The minimum atomic E-state index is -1.07. The van der Waals surface area contributed by atoms with Crippen LogP contribution in [0.1, 0.15) is 5.56 Å². The van der Waals surface area contributed by atoms with Crippen LogP contribution in [0, 0.1) is 23.0 Å². The standard InChI is InChI=1S/C19H12F2N4O2S/c20-14-7-6-12(8-15(14)21)23-16(26)10-28-19-24-17(11-4-2-1-3-5-11)13(9-22)18(27)25-19/h1-8H,10H2,(H,23,26)(H,24,25,27). The van der Waals surface area contributed by atoms with E-state index in [1.807, 2.05) is 6.07 Å². The van der Waals surface area contributed by atoms with Crippen LogP contribution in [0.4, 0.5) is 14.5 Å². The molecule has 0 saturated heterocycles. The number of carbonyl (C=O) groups excluding carboxylic acids is 1. The van der Waals surface area contributed by atoms with Crippen LogP contribution < -0.4 is 10.9 Å². The van der Waals surface area contributed by atoms with E-state index in [-0.39, 0.29) is 27.9 Å². The number of anilines is 1. The zero-order valence-electron chi connectivity index (χ0n) is 14.2. The second kappa shape index (κ2) is 8.45. The van der Waals surface area contributed by atoms with Crippen LogP contribution in [0.5, 0.6) is 0 Å². The van der Waals surface area contributed by atoms with Gasteiger partial charge in [0.25, 0.3) is 5.56 Å². The van der Waals surface area contributed by atoms with E-state index in [9.17, 15) is 23.6 Å². The highest BCUT2D eigenvalue weighted by Crippen LogP contribution is 2.22. The van der Waals surface area contributed by atoms with Crippen molar-refractivity contribution in [3.8, 4) is 17.3 Å². The molecule has 2 aromatic carbocycles. The van der Waals surface area contributed by atoms with Crippen molar-refractivity contribution in [2.24, 2.45) is 0 Å². The van der Waals surface area contributed by atoms with E-state index in [2.05, 4.69) is 15.3 Å². The second-order valence-corrected chi connectivity index (χ2v) is 6.50. The zero-order chi connectivity index (χ0) is 20.1. The normalized spacial score (nSPS) is 10.3. The molecule has 0 unspecified atom stereocenters. The minimum absolute atomic E-state index is 0.107. The van der Waals surface area contributed by atoms with Crippen molar-refractivity contribution in [1.29, 1.82) is 5.26 Å². The Balaban J connectivity index is 1.76. The second-order valence-electron chi connectivity index (χ2n) is 5.54. The van der Waals surface area contributed by atoms with Crippen molar-refractivity contribution >= 4 is 23.4 Å². The summed E-state index contributed by atoms with van der Waals surface area (Å²) in [5.41, 5.74) is 0.186. The maximum atomic E-state index is 13.2. The number of benzene rings is 2. The molecule has 28 heavy (non-hydrogen) atoms. The summed E-state index contributed by atoms with van der Waals surface area (Å²) in [5, 5.41) is 11.8. The number of hydrogen-bond acceptors (Lipinski definition) is 5. The van der Waals surface area contributed by atoms with Gasteiger partial charge in [-0.15, -0.1) is 0 Å². The van der Waals surface area contributed by atoms with Crippen LogP contribution in [0.25, 0.3) is 11.3 Å². The number of thioether (sulfide) groups is 1. The minimum Gasteiger partial charge on any atom is -0.325 e. The van der Waals surface area contributed by atoms with Crippen LogP contribution in [0.2, 0.25) is 0 Å². The van der Waals surface area contributed by atoms with E-state index < -0.39 is 23.1 Å². The van der Waals surface area contributed by atoms with Crippen LogP contribution in [0.15, 0.2) is 58.5 Å². The number of nitriles is 1. The Kier molecular flexibility index (Phi) is 5.81. The van der Waals surface area contributed by atoms with Crippen LogP contribution in [0.3, 0.4) is 0 Å². The van der Waals surface area contributed by atoms with Gasteiger partial charge in [-0.1, -0.05) is 42.1 Å². The smallest absolute Gasteiger partial charge is 0.270 e. The highest BCUT2D eigenvalue weighted by Gasteiger charge is 2.14. The van der Waals surface area contributed by atoms with E-state index in [0.29, 0.717) is 5.56 Å². The molecule has 0 saturated carbocycles. The molecule has 0 spiro atoms. The zero-order valence-corrected chi connectivity index (χ0v) is 15.0. The van der Waals surface area contributed by atoms with E-state index in [1.165, 1.54) is 6.07 Å². The number of aromatic amines is 1. The van der Waals surface area contributed by atoms with Gasteiger partial charge in [-0.25, -0.2) is 13.8 Å². The van der Waals surface area contributed by atoms with Gasteiger partial charge >= 0.3 is 0 Å². The quantitative estimate of drug-likeness (QED) is 0.507. The first kappa shape index (κ1) is 19.3. The molecule has 3 aromatic rings. The van der Waals surface area contributed by atoms with Crippen molar-refractivity contribution in [3.63, 3.8) is 0 Å². The molecule has 1 amide bonds. The van der Waals surface area contributed by atoms with Crippen LogP contribution >= 0.6 is 11.8 Å². The summed E-state index contributed by atoms with van der Waals surface area (Å²) in [4.78, 5) is 30.9. The van der Waals surface area contributed by atoms with Crippen LogP contribution in [-0.2, 0) is 4.79 Å². The highest BCUT2D eigenvalue weighted by molar-refractivity contribution is 7.99. The lowest BCUT2D eigenvalue weighted by molar-refractivity contribution is -0.113. The Bertz CT molecular complexity index is 1130. The van der Waals surface area contributed by atoms with Crippen molar-refractivity contribution in [1.82, 2.24) is 9.97 Å². The summed E-state index contributed by atoms with van der Waals surface area (Å²) in [7, 11) is 0. The summed E-state index contributed by atoms with van der Waals surface area (Å²) < 4.78 is 26.1. The van der Waals surface area contributed by atoms with E-state index in [0.717, 1.165) is 23.9 Å². The molecule has 3 rings (SSSR count). The molecule has 0 fully saturated rings. The lowest BCUT2D eigenvalue weighted by atomic mass is 10.1. The molecule has 0 aliphatic carbocycles. The molecule has 0 atom stereocenters. The summed E-state index contributed by atoms with van der Waals surface area (Å²) in [6, 6.07) is 13.6. The fourth-order valence-electron chi connectivity index (χ4n) is 2.33. The predicted octanol–water partition coefficient (Wildman–Crippen LogP) is 3.32. The number of halogens is 2. The van der Waals surface area contributed by atoms with Gasteiger partial charge in [-0.2, -0.15) is 5.26 Å². The first-order valence-electron chi connectivity index (χ1n) is 7.95. The number of amides is 1. The van der Waals surface area contributed by atoms with Crippen LogP contribution in [-0.4, -0.2) is 21.6 Å². The van der Waals surface area contributed by atoms with E-state index in [4.69, 9.17) is 0 Å². The largest absolute Gasteiger partial charge is 0.325 e. The Hall–Kier alpha value is -3.51. The highest BCUT2D eigenvalue weighted by atomic mass is 32.2. The van der Waals surface area contributed by atoms with Gasteiger partial charge in [0, 0.05) is 17.3 Å².